The molecule has 5 N–H and O–H groups in total. The third-order valence-corrected chi connectivity index (χ3v) is 1.53. The van der Waals surface area contributed by atoms with E-state index < -0.39 is 25.2 Å². The third-order valence-electron chi connectivity index (χ3n) is 1.53. The van der Waals surface area contributed by atoms with E-state index in [-0.39, 0.29) is 11.3 Å². The van der Waals surface area contributed by atoms with Crippen LogP contribution < -0.4 is 4.65 Å². The minimum Gasteiger partial charge on any atom is -0.511 e. The number of aromatic carboxylic acids is 1. The third kappa shape index (κ3) is 6.66. The molecule has 0 saturated heterocycles. The highest BCUT2D eigenvalue weighted by atomic mass is 16.6. The number of carboxylic acid groups (broad SMARTS) is 3. The van der Waals surface area contributed by atoms with Crippen molar-refractivity contribution in [3.8, 4) is 5.75 Å². The van der Waals surface area contributed by atoms with Crippen LogP contribution in [0.2, 0.25) is 0 Å². The molecule has 0 aliphatic rings. The fourth-order valence-corrected chi connectivity index (χ4v) is 0.860. The standard InChI is InChI=1S/C7H7BO5.C2H2O4/c9-7(10)5-3-1-2-4-6(5)13-8(11)12;3-1(4)2(5)6/h1-4,11-12H,(H,9,10);(H,3,4)(H,5,6). The van der Waals surface area contributed by atoms with Crippen molar-refractivity contribution in [2.45, 2.75) is 0 Å². The highest BCUT2D eigenvalue weighted by Gasteiger charge is 2.16. The molecule has 0 amide bonds. The lowest BCUT2D eigenvalue weighted by Crippen LogP contribution is -2.21. The van der Waals surface area contributed by atoms with Crippen LogP contribution in [0.1, 0.15) is 10.4 Å². The Morgan fingerprint density at radius 3 is 1.79 bits per heavy atom. The zero-order valence-corrected chi connectivity index (χ0v) is 9.26. The molecule has 0 unspecified atom stereocenters. The van der Waals surface area contributed by atoms with Crippen LogP contribution in [0.25, 0.3) is 0 Å². The molecule has 1 aromatic carbocycles. The zero-order chi connectivity index (χ0) is 15.0. The van der Waals surface area contributed by atoms with Crippen LogP contribution in [0.5, 0.6) is 5.75 Å². The Kier molecular flexibility index (Phi) is 6.64. The minimum atomic E-state index is -2.01. The van der Waals surface area contributed by atoms with Crippen LogP contribution in [-0.2, 0) is 9.59 Å². The molecule has 0 aliphatic carbocycles. The number of aliphatic carboxylic acids is 2. The molecular weight excluding hydrogens is 263 g/mol. The summed E-state index contributed by atoms with van der Waals surface area (Å²) in [6, 6.07) is 5.69. The van der Waals surface area contributed by atoms with E-state index in [4.69, 9.17) is 35.0 Å². The number of hydrogen-bond donors (Lipinski definition) is 5. The van der Waals surface area contributed by atoms with Crippen molar-refractivity contribution in [3.05, 3.63) is 29.8 Å². The number of carbonyl (C=O) groups is 3. The van der Waals surface area contributed by atoms with Crippen LogP contribution in [0, 0.1) is 0 Å². The van der Waals surface area contributed by atoms with Crippen molar-refractivity contribution in [2.75, 3.05) is 0 Å². The number of benzene rings is 1. The number of hydrogen-bond acceptors (Lipinski definition) is 6. The summed E-state index contributed by atoms with van der Waals surface area (Å²) in [4.78, 5) is 28.8. The smallest absolute Gasteiger partial charge is 0.511 e. The predicted molar refractivity (Wildman–Crippen MR) is 59.5 cm³/mol. The highest BCUT2D eigenvalue weighted by molar-refractivity contribution is 6.34. The molecule has 0 radical (unpaired) electrons. The summed E-state index contributed by atoms with van der Waals surface area (Å²) in [5.41, 5.74) is -0.115. The van der Waals surface area contributed by atoms with E-state index in [1.54, 1.807) is 0 Å². The molecule has 0 fully saturated rings. The van der Waals surface area contributed by atoms with Gasteiger partial charge in [0.05, 0.1) is 5.56 Å². The van der Waals surface area contributed by atoms with Crippen molar-refractivity contribution in [1.29, 1.82) is 0 Å². The van der Waals surface area contributed by atoms with E-state index in [2.05, 4.69) is 4.65 Å². The van der Waals surface area contributed by atoms with E-state index in [1.165, 1.54) is 24.3 Å². The van der Waals surface area contributed by atoms with Gasteiger partial charge in [0.15, 0.2) is 0 Å². The molecule has 0 saturated carbocycles. The summed E-state index contributed by atoms with van der Waals surface area (Å²) >= 11 is 0. The molecule has 0 spiro atoms. The van der Waals surface area contributed by atoms with Gasteiger partial charge < -0.3 is 30.0 Å². The summed E-state index contributed by atoms with van der Waals surface area (Å²) in [5.74, 6) is -4.91. The number of para-hydroxylation sites is 1. The average molecular weight is 272 g/mol. The summed E-state index contributed by atoms with van der Waals surface area (Å²) in [7, 11) is -2.01. The summed E-state index contributed by atoms with van der Waals surface area (Å²) in [6.45, 7) is 0. The Balaban J connectivity index is 0.000000459. The monoisotopic (exact) mass is 272 g/mol. The van der Waals surface area contributed by atoms with Gasteiger partial charge in [-0.25, -0.2) is 14.4 Å². The lowest BCUT2D eigenvalue weighted by molar-refractivity contribution is -0.159. The zero-order valence-electron chi connectivity index (χ0n) is 9.26. The Morgan fingerprint density at radius 2 is 1.42 bits per heavy atom. The predicted octanol–water partition coefficient (Wildman–Crippen LogP) is -1.11. The molecule has 0 atom stereocenters. The summed E-state index contributed by atoms with van der Waals surface area (Å²) in [6.07, 6.45) is 0. The first-order valence-corrected chi connectivity index (χ1v) is 4.57. The van der Waals surface area contributed by atoms with Crippen molar-refractivity contribution in [1.82, 2.24) is 0 Å². The average Bonchev–Trinajstić information content (AvgIpc) is 2.29. The van der Waals surface area contributed by atoms with Gasteiger partial charge in [0.2, 0.25) is 0 Å². The van der Waals surface area contributed by atoms with Crippen LogP contribution in [0.4, 0.5) is 0 Å². The van der Waals surface area contributed by atoms with Gasteiger partial charge in [0.25, 0.3) is 0 Å². The maximum absolute atomic E-state index is 10.6. The van der Waals surface area contributed by atoms with Crippen molar-refractivity contribution in [2.24, 2.45) is 0 Å². The Bertz CT molecular complexity index is 459. The Labute approximate surface area is 106 Å². The largest absolute Gasteiger partial charge is 0.707 e. The number of carboxylic acids is 3. The van der Waals surface area contributed by atoms with E-state index in [0.29, 0.717) is 0 Å². The van der Waals surface area contributed by atoms with E-state index in [9.17, 15) is 4.79 Å². The van der Waals surface area contributed by atoms with Gasteiger partial charge in [0.1, 0.15) is 5.75 Å². The van der Waals surface area contributed by atoms with Gasteiger partial charge in [0, 0.05) is 0 Å². The molecular formula is C9H9BO9. The quantitative estimate of drug-likeness (QED) is 0.339. The van der Waals surface area contributed by atoms with E-state index >= 15 is 0 Å². The van der Waals surface area contributed by atoms with Gasteiger partial charge in [-0.05, 0) is 12.1 Å². The Hall–Kier alpha value is -2.59. The SMILES string of the molecule is O=C(O)C(=O)O.O=C(O)c1ccccc1OB(O)O. The molecule has 0 aliphatic heterocycles. The van der Waals surface area contributed by atoms with Crippen molar-refractivity contribution in [3.63, 3.8) is 0 Å². The molecule has 19 heavy (non-hydrogen) atoms. The second kappa shape index (κ2) is 7.69. The van der Waals surface area contributed by atoms with Crippen LogP contribution in [0.15, 0.2) is 24.3 Å². The van der Waals surface area contributed by atoms with Gasteiger partial charge in [-0.3, -0.25) is 0 Å². The van der Waals surface area contributed by atoms with Gasteiger partial charge in [-0.15, -0.1) is 0 Å². The first-order chi connectivity index (χ1) is 8.75. The van der Waals surface area contributed by atoms with Gasteiger partial charge in [-0.2, -0.15) is 0 Å². The number of rotatable bonds is 3. The van der Waals surface area contributed by atoms with Crippen molar-refractivity contribution >= 4 is 25.2 Å². The first-order valence-electron chi connectivity index (χ1n) is 4.57. The second-order valence-corrected chi connectivity index (χ2v) is 2.86. The first kappa shape index (κ1) is 16.4. The van der Waals surface area contributed by atoms with Gasteiger partial charge >= 0.3 is 25.2 Å². The summed E-state index contributed by atoms with van der Waals surface area (Å²) in [5, 5.41) is 40.3. The lowest BCUT2D eigenvalue weighted by atomic mass is 10.1. The molecule has 1 rings (SSSR count). The van der Waals surface area contributed by atoms with Gasteiger partial charge in [-0.1, -0.05) is 12.1 Å². The topological polar surface area (TPSA) is 162 Å². The fraction of sp³-hybridized carbons (Fsp3) is 0. The maximum Gasteiger partial charge on any atom is 0.707 e. The molecule has 102 valence electrons. The molecule has 0 aromatic heterocycles. The van der Waals surface area contributed by atoms with Crippen LogP contribution in [0.3, 0.4) is 0 Å². The molecule has 9 nitrogen and oxygen atoms in total. The van der Waals surface area contributed by atoms with Crippen LogP contribution in [-0.4, -0.2) is 50.6 Å². The van der Waals surface area contributed by atoms with E-state index in [0.717, 1.165) is 0 Å². The van der Waals surface area contributed by atoms with Crippen molar-refractivity contribution < 1.29 is 44.4 Å². The molecule has 10 heteroatoms. The van der Waals surface area contributed by atoms with E-state index in [1.807, 2.05) is 0 Å². The second-order valence-electron chi connectivity index (χ2n) is 2.86. The fourth-order valence-electron chi connectivity index (χ4n) is 0.860. The molecule has 1 aromatic rings. The lowest BCUT2D eigenvalue weighted by Gasteiger charge is -2.06. The normalized spacial score (nSPS) is 8.74. The Morgan fingerprint density at radius 1 is 0.947 bits per heavy atom. The molecule has 0 heterocycles. The summed E-state index contributed by atoms with van der Waals surface area (Å²) < 4.78 is 4.44. The van der Waals surface area contributed by atoms with Crippen LogP contribution >= 0.6 is 0 Å². The maximum atomic E-state index is 10.6. The highest BCUT2D eigenvalue weighted by Crippen LogP contribution is 2.17. The molecule has 0 bridgehead atoms. The minimum absolute atomic E-state index is 0.0787.